The molecule has 0 aromatic carbocycles. The van der Waals surface area contributed by atoms with Crippen LogP contribution in [0.25, 0.3) is 0 Å². The van der Waals surface area contributed by atoms with Gasteiger partial charge in [0.15, 0.2) is 0 Å². The second-order valence-electron chi connectivity index (χ2n) is 5.05. The van der Waals surface area contributed by atoms with E-state index < -0.39 is 0 Å². The first-order valence-electron chi connectivity index (χ1n) is 6.90. The highest BCUT2D eigenvalue weighted by atomic mass is 16.5. The van der Waals surface area contributed by atoms with Crippen molar-refractivity contribution < 1.29 is 4.74 Å². The van der Waals surface area contributed by atoms with E-state index in [1.165, 1.54) is 5.56 Å². The predicted molar refractivity (Wildman–Crippen MR) is 74.6 cm³/mol. The van der Waals surface area contributed by atoms with Gasteiger partial charge >= 0.3 is 0 Å². The number of nitrogens with zero attached hydrogens (tertiary/aromatic N) is 2. The first kappa shape index (κ1) is 15.2. The Morgan fingerprint density at radius 2 is 2.11 bits per heavy atom. The molecule has 0 aliphatic heterocycles. The topological polar surface area (TPSA) is 39.1 Å². The molecular formula is C14H27N3O. The van der Waals surface area contributed by atoms with E-state index in [0.717, 1.165) is 19.6 Å². The van der Waals surface area contributed by atoms with Gasteiger partial charge in [0.2, 0.25) is 0 Å². The van der Waals surface area contributed by atoms with Gasteiger partial charge in [-0.1, -0.05) is 20.8 Å². The van der Waals surface area contributed by atoms with Gasteiger partial charge in [-0.05, 0) is 31.4 Å². The molecule has 0 aliphatic rings. The quantitative estimate of drug-likeness (QED) is 0.770. The lowest BCUT2D eigenvalue weighted by molar-refractivity contribution is 0.00395. The van der Waals surface area contributed by atoms with Crippen molar-refractivity contribution in [3.63, 3.8) is 0 Å². The molecule has 4 nitrogen and oxygen atoms in total. The molecule has 1 aromatic rings. The maximum atomic E-state index is 5.91. The van der Waals surface area contributed by atoms with Crippen LogP contribution >= 0.6 is 0 Å². The lowest BCUT2D eigenvalue weighted by Crippen LogP contribution is -2.45. The minimum atomic E-state index is 0.246. The summed E-state index contributed by atoms with van der Waals surface area (Å²) in [5.41, 5.74) is 1.26. The van der Waals surface area contributed by atoms with Crippen molar-refractivity contribution in [2.75, 3.05) is 13.2 Å². The van der Waals surface area contributed by atoms with Crippen LogP contribution in [0.15, 0.2) is 12.4 Å². The molecule has 2 unspecified atom stereocenters. The van der Waals surface area contributed by atoms with E-state index in [4.69, 9.17) is 4.74 Å². The van der Waals surface area contributed by atoms with Crippen molar-refractivity contribution >= 4 is 0 Å². The predicted octanol–water partition coefficient (Wildman–Crippen LogP) is 2.00. The van der Waals surface area contributed by atoms with E-state index >= 15 is 0 Å². The molecule has 0 saturated heterocycles. The second kappa shape index (κ2) is 7.54. The van der Waals surface area contributed by atoms with Crippen molar-refractivity contribution in [3.8, 4) is 0 Å². The van der Waals surface area contributed by atoms with Crippen molar-refractivity contribution in [3.05, 3.63) is 18.0 Å². The van der Waals surface area contributed by atoms with Crippen LogP contribution in [-0.4, -0.2) is 35.1 Å². The molecule has 18 heavy (non-hydrogen) atoms. The molecule has 0 radical (unpaired) electrons. The lowest BCUT2D eigenvalue weighted by Gasteiger charge is -2.30. The molecule has 1 aromatic heterocycles. The maximum Gasteiger partial charge on any atom is 0.0753 e. The third kappa shape index (κ3) is 4.42. The molecule has 1 rings (SSSR count). The molecule has 0 aliphatic carbocycles. The summed E-state index contributed by atoms with van der Waals surface area (Å²) in [5.74, 6) is 0.505. The summed E-state index contributed by atoms with van der Waals surface area (Å²) >= 11 is 0. The van der Waals surface area contributed by atoms with Crippen LogP contribution in [0.5, 0.6) is 0 Å². The van der Waals surface area contributed by atoms with E-state index in [1.54, 1.807) is 0 Å². The fourth-order valence-electron chi connectivity index (χ4n) is 2.36. The number of likely N-dealkylation sites (N-methyl/N-ethyl adjacent to an activating group) is 1. The summed E-state index contributed by atoms with van der Waals surface area (Å²) < 4.78 is 7.76. The number of ether oxygens (including phenoxy) is 1. The first-order valence-corrected chi connectivity index (χ1v) is 6.90. The van der Waals surface area contributed by atoms with E-state index in [-0.39, 0.29) is 6.10 Å². The van der Waals surface area contributed by atoms with Crippen LogP contribution in [0.1, 0.15) is 33.3 Å². The molecule has 0 fully saturated rings. The van der Waals surface area contributed by atoms with E-state index in [9.17, 15) is 0 Å². The number of nitrogens with one attached hydrogen (secondary N) is 1. The Morgan fingerprint density at radius 1 is 1.39 bits per heavy atom. The smallest absolute Gasteiger partial charge is 0.0753 e. The van der Waals surface area contributed by atoms with Crippen LogP contribution in [0.4, 0.5) is 0 Å². The Balaban J connectivity index is 2.72. The molecule has 1 N–H and O–H groups in total. The van der Waals surface area contributed by atoms with E-state index in [2.05, 4.69) is 44.3 Å². The van der Waals surface area contributed by atoms with Gasteiger partial charge in [-0.2, -0.15) is 5.10 Å². The fraction of sp³-hybridized carbons (Fsp3) is 0.786. The second-order valence-corrected chi connectivity index (χ2v) is 5.05. The van der Waals surface area contributed by atoms with Gasteiger partial charge in [0.1, 0.15) is 0 Å². The molecule has 2 atom stereocenters. The number of aryl methyl sites for hydroxylation is 1. The molecule has 0 saturated carbocycles. The molecule has 0 spiro atoms. The Bertz CT molecular complexity index is 336. The number of rotatable bonds is 8. The number of aromatic nitrogens is 2. The maximum absolute atomic E-state index is 5.91. The standard InChI is InChI=1S/C14H27N3O/c1-6-15-13(14(11(3)4)18-7-2)8-12-9-16-17(5)10-12/h9-11,13-15H,6-8H2,1-5H3. The third-order valence-corrected chi connectivity index (χ3v) is 3.09. The van der Waals surface area contributed by atoms with Crippen molar-refractivity contribution in [1.82, 2.24) is 15.1 Å². The molecule has 104 valence electrons. The molecule has 1 heterocycles. The van der Waals surface area contributed by atoms with Crippen LogP contribution in [0, 0.1) is 5.92 Å². The van der Waals surface area contributed by atoms with Crippen LogP contribution in [0.2, 0.25) is 0 Å². The Morgan fingerprint density at radius 3 is 2.56 bits per heavy atom. The van der Waals surface area contributed by atoms with Crippen molar-refractivity contribution in [2.24, 2.45) is 13.0 Å². The van der Waals surface area contributed by atoms with Gasteiger partial charge in [0.05, 0.1) is 12.3 Å². The van der Waals surface area contributed by atoms with Crippen LogP contribution in [0.3, 0.4) is 0 Å². The zero-order valence-electron chi connectivity index (χ0n) is 12.3. The summed E-state index contributed by atoms with van der Waals surface area (Å²) in [6, 6.07) is 0.346. The Kier molecular flexibility index (Phi) is 6.36. The van der Waals surface area contributed by atoms with Gasteiger partial charge in [-0.15, -0.1) is 0 Å². The van der Waals surface area contributed by atoms with Crippen molar-refractivity contribution in [2.45, 2.75) is 46.3 Å². The Labute approximate surface area is 111 Å². The van der Waals surface area contributed by atoms with Gasteiger partial charge in [-0.25, -0.2) is 0 Å². The largest absolute Gasteiger partial charge is 0.377 e. The average Bonchev–Trinajstić information content (AvgIpc) is 2.71. The minimum absolute atomic E-state index is 0.246. The third-order valence-electron chi connectivity index (χ3n) is 3.09. The van der Waals surface area contributed by atoms with Crippen LogP contribution in [-0.2, 0) is 18.2 Å². The van der Waals surface area contributed by atoms with Gasteiger partial charge in [-0.3, -0.25) is 4.68 Å². The monoisotopic (exact) mass is 253 g/mol. The SMILES string of the molecule is CCNC(Cc1cnn(C)c1)C(OCC)C(C)C. The molecule has 4 heteroatoms. The molecule has 0 bridgehead atoms. The molecular weight excluding hydrogens is 226 g/mol. The number of hydrogen-bond donors (Lipinski definition) is 1. The summed E-state index contributed by atoms with van der Waals surface area (Å²) in [4.78, 5) is 0. The lowest BCUT2D eigenvalue weighted by atomic mass is 9.95. The highest BCUT2D eigenvalue weighted by Crippen LogP contribution is 2.15. The summed E-state index contributed by atoms with van der Waals surface area (Å²) in [5, 5.41) is 7.77. The highest BCUT2D eigenvalue weighted by molar-refractivity contribution is 5.07. The zero-order valence-corrected chi connectivity index (χ0v) is 12.3. The highest BCUT2D eigenvalue weighted by Gasteiger charge is 2.24. The average molecular weight is 253 g/mol. The number of hydrogen-bond acceptors (Lipinski definition) is 3. The zero-order chi connectivity index (χ0) is 13.5. The summed E-state index contributed by atoms with van der Waals surface area (Å²) in [6.45, 7) is 10.4. The normalized spacial score (nSPS) is 15.0. The van der Waals surface area contributed by atoms with Gasteiger partial charge in [0.25, 0.3) is 0 Å². The van der Waals surface area contributed by atoms with Crippen molar-refractivity contribution in [1.29, 1.82) is 0 Å². The van der Waals surface area contributed by atoms with Gasteiger partial charge in [0, 0.05) is 25.9 Å². The van der Waals surface area contributed by atoms with Crippen LogP contribution < -0.4 is 5.32 Å². The Hall–Kier alpha value is -0.870. The van der Waals surface area contributed by atoms with Gasteiger partial charge < -0.3 is 10.1 Å². The summed E-state index contributed by atoms with van der Waals surface area (Å²) in [6.07, 6.45) is 5.22. The van der Waals surface area contributed by atoms with E-state index in [0.29, 0.717) is 12.0 Å². The van der Waals surface area contributed by atoms with E-state index in [1.807, 2.05) is 17.9 Å². The fourth-order valence-corrected chi connectivity index (χ4v) is 2.36. The minimum Gasteiger partial charge on any atom is -0.377 e. The first-order chi connectivity index (χ1) is 8.58. The molecule has 0 amide bonds. The summed E-state index contributed by atoms with van der Waals surface area (Å²) in [7, 11) is 1.95.